The van der Waals surface area contributed by atoms with E-state index in [1.54, 1.807) is 30.3 Å². The molecule has 104 valence electrons. The van der Waals surface area contributed by atoms with Gasteiger partial charge >= 0.3 is 0 Å². The number of H-pyrrole nitrogens is 1. The average molecular weight is 297 g/mol. The van der Waals surface area contributed by atoms with E-state index in [0.29, 0.717) is 10.7 Å². The van der Waals surface area contributed by atoms with Gasteiger partial charge in [-0.15, -0.1) is 0 Å². The number of nitrogens with one attached hydrogen (secondary N) is 2. The lowest BCUT2D eigenvalue weighted by Gasteiger charge is -2.02. The van der Waals surface area contributed by atoms with Crippen LogP contribution in [-0.2, 0) is 4.79 Å². The molecule has 0 saturated carbocycles. The van der Waals surface area contributed by atoms with Crippen molar-refractivity contribution in [1.82, 2.24) is 4.98 Å². The second-order valence-corrected chi connectivity index (χ2v) is 5.09. The summed E-state index contributed by atoms with van der Waals surface area (Å²) in [5.74, 6) is -0.191. The molecule has 0 fully saturated rings. The van der Waals surface area contributed by atoms with E-state index in [9.17, 15) is 4.79 Å². The van der Waals surface area contributed by atoms with Crippen molar-refractivity contribution >= 4 is 40.2 Å². The highest BCUT2D eigenvalue weighted by Crippen LogP contribution is 2.16. The van der Waals surface area contributed by atoms with Gasteiger partial charge in [-0.3, -0.25) is 4.79 Å². The zero-order valence-corrected chi connectivity index (χ0v) is 11.9. The highest BCUT2D eigenvalue weighted by molar-refractivity contribution is 6.30. The van der Waals surface area contributed by atoms with E-state index >= 15 is 0 Å². The van der Waals surface area contributed by atoms with Crippen molar-refractivity contribution < 1.29 is 4.79 Å². The Morgan fingerprint density at radius 3 is 2.90 bits per heavy atom. The normalized spacial score (nSPS) is 11.1. The number of anilines is 1. The summed E-state index contributed by atoms with van der Waals surface area (Å²) in [6.07, 6.45) is 5.18. The molecule has 21 heavy (non-hydrogen) atoms. The van der Waals surface area contributed by atoms with Gasteiger partial charge in [0.15, 0.2) is 0 Å². The lowest BCUT2D eigenvalue weighted by Crippen LogP contribution is -2.07. The smallest absolute Gasteiger partial charge is 0.248 e. The topological polar surface area (TPSA) is 44.9 Å². The van der Waals surface area contributed by atoms with Gasteiger partial charge in [0.2, 0.25) is 5.91 Å². The van der Waals surface area contributed by atoms with Crippen LogP contribution in [0.4, 0.5) is 5.69 Å². The van der Waals surface area contributed by atoms with Crippen LogP contribution in [0, 0.1) is 0 Å². The van der Waals surface area contributed by atoms with Crippen molar-refractivity contribution in [3.63, 3.8) is 0 Å². The van der Waals surface area contributed by atoms with Crippen LogP contribution in [-0.4, -0.2) is 10.9 Å². The molecule has 0 bridgehead atoms. The molecule has 1 aromatic heterocycles. The van der Waals surface area contributed by atoms with Crippen LogP contribution in [0.2, 0.25) is 5.02 Å². The van der Waals surface area contributed by atoms with E-state index in [-0.39, 0.29) is 5.91 Å². The molecule has 3 rings (SSSR count). The number of carbonyl (C=O) groups excluding carboxylic acids is 1. The van der Waals surface area contributed by atoms with Crippen molar-refractivity contribution in [2.24, 2.45) is 0 Å². The number of fused-ring (bicyclic) bond motifs is 1. The predicted octanol–water partition coefficient (Wildman–Crippen LogP) is 4.47. The minimum atomic E-state index is -0.191. The summed E-state index contributed by atoms with van der Waals surface area (Å²) in [5.41, 5.74) is 2.69. The van der Waals surface area contributed by atoms with E-state index in [1.165, 1.54) is 6.08 Å². The first kappa shape index (κ1) is 13.5. The quantitative estimate of drug-likeness (QED) is 0.688. The van der Waals surface area contributed by atoms with Crippen molar-refractivity contribution in [2.75, 3.05) is 5.32 Å². The Hall–Kier alpha value is -2.52. The molecule has 0 unspecified atom stereocenters. The maximum atomic E-state index is 11.9. The van der Waals surface area contributed by atoms with E-state index in [1.807, 2.05) is 30.5 Å². The van der Waals surface area contributed by atoms with Crippen molar-refractivity contribution in [3.8, 4) is 0 Å². The third kappa shape index (κ3) is 3.33. The fourth-order valence-electron chi connectivity index (χ4n) is 2.09. The number of hydrogen-bond acceptors (Lipinski definition) is 1. The lowest BCUT2D eigenvalue weighted by molar-refractivity contribution is -0.111. The molecule has 0 aliphatic heterocycles. The van der Waals surface area contributed by atoms with Crippen LogP contribution >= 0.6 is 11.6 Å². The van der Waals surface area contributed by atoms with Gasteiger partial charge in [-0.1, -0.05) is 29.8 Å². The van der Waals surface area contributed by atoms with Gasteiger partial charge in [0, 0.05) is 28.5 Å². The Balaban J connectivity index is 1.71. The van der Waals surface area contributed by atoms with Gasteiger partial charge in [0.1, 0.15) is 0 Å². The molecular formula is C17H13ClN2O. The standard InChI is InChI=1S/C17H13ClN2O/c18-14-2-1-3-15(11-14)20-17(21)7-5-12-4-6-13-8-9-19-16(13)10-12/h1-11,19H,(H,20,21)/b7-5+. The molecule has 3 nitrogen and oxygen atoms in total. The highest BCUT2D eigenvalue weighted by Gasteiger charge is 1.99. The molecule has 0 aliphatic carbocycles. The molecule has 0 saturated heterocycles. The minimum absolute atomic E-state index is 0.191. The predicted molar refractivity (Wildman–Crippen MR) is 87.4 cm³/mol. The number of aromatic amines is 1. The zero-order chi connectivity index (χ0) is 14.7. The number of rotatable bonds is 3. The Morgan fingerprint density at radius 2 is 2.05 bits per heavy atom. The number of hydrogen-bond donors (Lipinski definition) is 2. The minimum Gasteiger partial charge on any atom is -0.361 e. The largest absolute Gasteiger partial charge is 0.361 e. The monoisotopic (exact) mass is 296 g/mol. The van der Waals surface area contributed by atoms with Crippen molar-refractivity contribution in [3.05, 3.63) is 71.4 Å². The average Bonchev–Trinajstić information content (AvgIpc) is 2.92. The lowest BCUT2D eigenvalue weighted by atomic mass is 10.1. The van der Waals surface area contributed by atoms with E-state index < -0.39 is 0 Å². The van der Waals surface area contributed by atoms with Gasteiger partial charge in [0.05, 0.1) is 0 Å². The Bertz CT molecular complexity index is 820. The van der Waals surface area contributed by atoms with Gasteiger partial charge < -0.3 is 10.3 Å². The summed E-state index contributed by atoms with van der Waals surface area (Å²) in [5, 5.41) is 4.51. The molecule has 2 N–H and O–H groups in total. The maximum absolute atomic E-state index is 11.9. The Morgan fingerprint density at radius 1 is 1.14 bits per heavy atom. The second kappa shape index (κ2) is 5.85. The first-order valence-electron chi connectivity index (χ1n) is 6.52. The third-order valence-corrected chi connectivity index (χ3v) is 3.33. The molecule has 0 atom stereocenters. The van der Waals surface area contributed by atoms with Gasteiger partial charge in [-0.25, -0.2) is 0 Å². The number of halogens is 1. The summed E-state index contributed by atoms with van der Waals surface area (Å²) in [7, 11) is 0. The molecular weight excluding hydrogens is 284 g/mol. The van der Waals surface area contributed by atoms with Crippen LogP contribution in [0.5, 0.6) is 0 Å². The number of carbonyl (C=O) groups is 1. The summed E-state index contributed by atoms with van der Waals surface area (Å²) in [4.78, 5) is 15.0. The van der Waals surface area contributed by atoms with Crippen LogP contribution in [0.3, 0.4) is 0 Å². The van der Waals surface area contributed by atoms with E-state index in [4.69, 9.17) is 11.6 Å². The number of benzene rings is 2. The SMILES string of the molecule is O=C(/C=C/c1ccc2cc[nH]c2c1)Nc1cccc(Cl)c1. The van der Waals surface area contributed by atoms with Gasteiger partial charge in [-0.2, -0.15) is 0 Å². The van der Waals surface area contributed by atoms with Crippen LogP contribution in [0.15, 0.2) is 60.8 Å². The molecule has 2 aromatic carbocycles. The highest BCUT2D eigenvalue weighted by atomic mass is 35.5. The molecule has 0 aliphatic rings. The number of amides is 1. The molecule has 0 radical (unpaired) electrons. The summed E-state index contributed by atoms with van der Waals surface area (Å²) in [6.45, 7) is 0. The zero-order valence-electron chi connectivity index (χ0n) is 11.1. The number of aromatic nitrogens is 1. The molecule has 1 heterocycles. The first-order chi connectivity index (χ1) is 10.2. The molecule has 1 amide bonds. The van der Waals surface area contributed by atoms with Gasteiger partial charge in [-0.05, 0) is 47.4 Å². The Kier molecular flexibility index (Phi) is 3.75. The summed E-state index contributed by atoms with van der Waals surface area (Å²) < 4.78 is 0. The van der Waals surface area contributed by atoms with Crippen LogP contribution in [0.25, 0.3) is 17.0 Å². The van der Waals surface area contributed by atoms with Crippen LogP contribution < -0.4 is 5.32 Å². The molecule has 4 heteroatoms. The fourth-order valence-corrected chi connectivity index (χ4v) is 2.28. The van der Waals surface area contributed by atoms with Crippen molar-refractivity contribution in [1.29, 1.82) is 0 Å². The van der Waals surface area contributed by atoms with Crippen LogP contribution in [0.1, 0.15) is 5.56 Å². The first-order valence-corrected chi connectivity index (χ1v) is 6.90. The summed E-state index contributed by atoms with van der Waals surface area (Å²) in [6, 6.07) is 15.0. The maximum Gasteiger partial charge on any atom is 0.248 e. The van der Waals surface area contributed by atoms with E-state index in [2.05, 4.69) is 10.3 Å². The molecule has 0 spiro atoms. The fraction of sp³-hybridized carbons (Fsp3) is 0. The molecule has 3 aromatic rings. The second-order valence-electron chi connectivity index (χ2n) is 4.66. The van der Waals surface area contributed by atoms with E-state index in [0.717, 1.165) is 16.5 Å². The summed E-state index contributed by atoms with van der Waals surface area (Å²) >= 11 is 5.87. The van der Waals surface area contributed by atoms with Gasteiger partial charge in [0.25, 0.3) is 0 Å². The third-order valence-electron chi connectivity index (χ3n) is 3.10. The van der Waals surface area contributed by atoms with Crippen molar-refractivity contribution in [2.45, 2.75) is 0 Å². The Labute approximate surface area is 127 Å².